The van der Waals surface area contributed by atoms with Gasteiger partial charge in [0.05, 0.1) is 31.2 Å². The molecule has 3 atom stereocenters. The van der Waals surface area contributed by atoms with Gasteiger partial charge in [-0.05, 0) is 63.2 Å². The number of benzene rings is 2. The van der Waals surface area contributed by atoms with Crippen LogP contribution in [0.1, 0.15) is 36.4 Å². The number of aromatic nitrogens is 1. The van der Waals surface area contributed by atoms with Gasteiger partial charge in [0.25, 0.3) is 0 Å². The third-order valence-corrected chi connectivity index (χ3v) is 7.71. The molecule has 0 saturated heterocycles. The predicted molar refractivity (Wildman–Crippen MR) is 164 cm³/mol. The van der Waals surface area contributed by atoms with Gasteiger partial charge >= 0.3 is 18.2 Å². The van der Waals surface area contributed by atoms with E-state index in [-0.39, 0.29) is 43.6 Å². The van der Waals surface area contributed by atoms with E-state index >= 15 is 0 Å². The fourth-order valence-electron chi connectivity index (χ4n) is 4.98. The Kier molecular flexibility index (Phi) is 10.5. The van der Waals surface area contributed by atoms with Crippen LogP contribution in [0, 0.1) is 19.8 Å². The van der Waals surface area contributed by atoms with Crippen molar-refractivity contribution in [3.63, 3.8) is 0 Å². The van der Waals surface area contributed by atoms with Crippen molar-refractivity contribution in [3.05, 3.63) is 65.0 Å². The van der Waals surface area contributed by atoms with Gasteiger partial charge in [0.2, 0.25) is 5.91 Å². The van der Waals surface area contributed by atoms with Crippen molar-refractivity contribution in [2.75, 3.05) is 42.7 Å². The number of amides is 5. The molecule has 12 nitrogen and oxygen atoms in total. The Bertz CT molecular complexity index is 1540. The summed E-state index contributed by atoms with van der Waals surface area (Å²) >= 11 is 0. The lowest BCUT2D eigenvalue weighted by Crippen LogP contribution is -2.48. The van der Waals surface area contributed by atoms with Crippen LogP contribution >= 0.6 is 0 Å². The van der Waals surface area contributed by atoms with Crippen molar-refractivity contribution in [2.45, 2.75) is 52.4 Å². The molecule has 0 spiro atoms. The first-order chi connectivity index (χ1) is 21.7. The summed E-state index contributed by atoms with van der Waals surface area (Å²) in [6, 6.07) is 7.35. The molecule has 248 valence electrons. The first kappa shape index (κ1) is 34.1. The zero-order valence-corrected chi connectivity index (χ0v) is 26.1. The Morgan fingerprint density at radius 1 is 1.11 bits per heavy atom. The number of anilines is 3. The largest absolute Gasteiger partial charge is 0.488 e. The average Bonchev–Trinajstić information content (AvgIpc) is 3.33. The fraction of sp³-hybridized carbons (Fsp3) is 0.419. The number of ether oxygens (including phenoxy) is 1. The van der Waals surface area contributed by atoms with E-state index in [1.165, 1.54) is 24.1 Å². The maximum absolute atomic E-state index is 13.5. The molecular weight excluding hydrogens is 609 g/mol. The molecular formula is C31H37F3N6O6. The summed E-state index contributed by atoms with van der Waals surface area (Å²) in [6.45, 7) is 6.95. The second-order valence-corrected chi connectivity index (χ2v) is 11.4. The molecule has 4 rings (SSSR count). The normalized spacial score (nSPS) is 17.5. The Morgan fingerprint density at radius 3 is 2.39 bits per heavy atom. The lowest BCUT2D eigenvalue weighted by Gasteiger charge is -2.34. The number of carbonyl (C=O) groups is 3. The van der Waals surface area contributed by atoms with E-state index in [0.29, 0.717) is 34.1 Å². The number of hydrogen-bond donors (Lipinski definition) is 4. The minimum Gasteiger partial charge on any atom is -0.488 e. The highest BCUT2D eigenvalue weighted by Gasteiger charge is 2.33. The van der Waals surface area contributed by atoms with Crippen LogP contribution in [0.2, 0.25) is 0 Å². The average molecular weight is 647 g/mol. The maximum atomic E-state index is 13.5. The van der Waals surface area contributed by atoms with Gasteiger partial charge in [0.15, 0.2) is 5.76 Å². The number of carbonyl (C=O) groups excluding carboxylic acids is 3. The molecule has 0 radical (unpaired) electrons. The molecule has 3 aromatic rings. The second kappa shape index (κ2) is 14.1. The van der Waals surface area contributed by atoms with Crippen molar-refractivity contribution in [3.8, 4) is 5.75 Å². The highest BCUT2D eigenvalue weighted by molar-refractivity contribution is 6.00. The number of rotatable bonds is 7. The molecule has 2 aromatic carbocycles. The monoisotopic (exact) mass is 646 g/mol. The number of urea groups is 2. The third kappa shape index (κ3) is 8.27. The highest BCUT2D eigenvalue weighted by atomic mass is 19.4. The standard InChI is InChI=1S/C31H37F3N6O6/c1-17-14-40(18(2)16-41)27(42)13-21-12-24(35-29(43)37-28-19(3)38-46-20(28)4)10-11-25(21)45-26(17)15-39(5)30(44)36-23-8-6-22(7-9-23)31(32,33)34/h6-12,17-18,26,41H,13-16H2,1-5H3,(H,36,44)(H2,35,37,43)/t17-,18-,26-/m1/s1. The SMILES string of the molecule is Cc1noc(C)c1NC(=O)Nc1ccc2c(c1)CC(=O)N([C@H](C)CO)C[C@@H](C)[C@@H](CN(C)C(=O)Nc1ccc(C(F)(F)F)cc1)O2. The lowest BCUT2D eigenvalue weighted by molar-refractivity contribution is -0.137. The number of fused-ring (bicyclic) bond motifs is 1. The number of halogens is 3. The van der Waals surface area contributed by atoms with Crippen LogP contribution in [0.25, 0.3) is 0 Å². The molecule has 0 saturated carbocycles. The summed E-state index contributed by atoms with van der Waals surface area (Å²) in [5.74, 6) is 0.239. The zero-order chi connectivity index (χ0) is 33.8. The topological polar surface area (TPSA) is 149 Å². The lowest BCUT2D eigenvalue weighted by atomic mass is 10.0. The number of alkyl halides is 3. The summed E-state index contributed by atoms with van der Waals surface area (Å²) < 4.78 is 50.3. The third-order valence-electron chi connectivity index (χ3n) is 7.71. The van der Waals surface area contributed by atoms with Gasteiger partial charge in [0, 0.05) is 36.4 Å². The molecule has 2 heterocycles. The van der Waals surface area contributed by atoms with Crippen LogP contribution in [-0.2, 0) is 17.4 Å². The number of hydrogen-bond acceptors (Lipinski definition) is 7. The summed E-state index contributed by atoms with van der Waals surface area (Å²) in [4.78, 5) is 42.1. The van der Waals surface area contributed by atoms with Gasteiger partial charge in [-0.2, -0.15) is 13.2 Å². The molecule has 46 heavy (non-hydrogen) atoms. The molecule has 0 bridgehead atoms. The first-order valence-electron chi connectivity index (χ1n) is 14.6. The van der Waals surface area contributed by atoms with Crippen LogP contribution in [0.5, 0.6) is 5.75 Å². The Labute approximate surface area is 263 Å². The van der Waals surface area contributed by atoms with Crippen molar-refractivity contribution in [1.29, 1.82) is 0 Å². The Balaban J connectivity index is 1.54. The quantitative estimate of drug-likeness (QED) is 0.273. The van der Waals surface area contributed by atoms with E-state index < -0.39 is 35.9 Å². The van der Waals surface area contributed by atoms with Crippen molar-refractivity contribution in [1.82, 2.24) is 15.0 Å². The van der Waals surface area contributed by atoms with Crippen LogP contribution < -0.4 is 20.7 Å². The Hall–Kier alpha value is -4.79. The summed E-state index contributed by atoms with van der Waals surface area (Å²) in [5.41, 5.74) is 1.17. The number of likely N-dealkylation sites (N-methyl/N-ethyl adjacent to an activating group) is 1. The van der Waals surface area contributed by atoms with Gasteiger partial charge in [-0.15, -0.1) is 0 Å². The van der Waals surface area contributed by atoms with E-state index in [9.17, 15) is 32.7 Å². The van der Waals surface area contributed by atoms with Gasteiger partial charge in [-0.1, -0.05) is 12.1 Å². The van der Waals surface area contributed by atoms with E-state index in [1.807, 2.05) is 6.92 Å². The predicted octanol–water partition coefficient (Wildman–Crippen LogP) is 5.27. The number of aliphatic hydroxyl groups is 1. The van der Waals surface area contributed by atoms with Crippen LogP contribution in [0.3, 0.4) is 0 Å². The van der Waals surface area contributed by atoms with E-state index in [4.69, 9.17) is 9.26 Å². The van der Waals surface area contributed by atoms with Gasteiger partial charge < -0.3 is 40.1 Å². The highest BCUT2D eigenvalue weighted by Crippen LogP contribution is 2.31. The molecule has 4 N–H and O–H groups in total. The minimum absolute atomic E-state index is 0.0580. The molecule has 1 aliphatic heterocycles. The van der Waals surface area contributed by atoms with Crippen LogP contribution in [0.4, 0.5) is 39.8 Å². The number of nitrogens with one attached hydrogen (secondary N) is 3. The number of nitrogens with zero attached hydrogens (tertiary/aromatic N) is 3. The molecule has 0 fully saturated rings. The second-order valence-electron chi connectivity index (χ2n) is 11.4. The summed E-state index contributed by atoms with van der Waals surface area (Å²) in [6.07, 6.45) is -5.21. The number of aliphatic hydroxyl groups excluding tert-OH is 1. The van der Waals surface area contributed by atoms with Crippen LogP contribution in [0.15, 0.2) is 47.0 Å². The van der Waals surface area contributed by atoms with E-state index in [1.54, 1.807) is 43.9 Å². The molecule has 1 aliphatic rings. The Morgan fingerprint density at radius 2 is 1.78 bits per heavy atom. The molecule has 0 unspecified atom stereocenters. The molecule has 0 aliphatic carbocycles. The zero-order valence-electron chi connectivity index (χ0n) is 26.1. The van der Waals surface area contributed by atoms with Gasteiger partial charge in [-0.3, -0.25) is 4.79 Å². The van der Waals surface area contributed by atoms with Crippen molar-refractivity contribution < 1.29 is 41.9 Å². The summed E-state index contributed by atoms with van der Waals surface area (Å²) in [7, 11) is 1.52. The smallest absolute Gasteiger partial charge is 0.416 e. The van der Waals surface area contributed by atoms with Gasteiger partial charge in [-0.25, -0.2) is 9.59 Å². The van der Waals surface area contributed by atoms with Crippen molar-refractivity contribution in [2.24, 2.45) is 5.92 Å². The summed E-state index contributed by atoms with van der Waals surface area (Å²) in [5, 5.41) is 21.7. The number of aryl methyl sites for hydroxylation is 2. The van der Waals surface area contributed by atoms with Crippen LogP contribution in [-0.4, -0.2) is 76.9 Å². The van der Waals surface area contributed by atoms with E-state index in [0.717, 1.165) is 12.1 Å². The van der Waals surface area contributed by atoms with E-state index in [2.05, 4.69) is 21.1 Å². The fourth-order valence-corrected chi connectivity index (χ4v) is 4.98. The molecule has 15 heteroatoms. The van der Waals surface area contributed by atoms with Gasteiger partial charge in [0.1, 0.15) is 23.2 Å². The first-order valence-corrected chi connectivity index (χ1v) is 14.6. The minimum atomic E-state index is -4.50. The van der Waals surface area contributed by atoms with Crippen molar-refractivity contribution >= 4 is 35.0 Å². The maximum Gasteiger partial charge on any atom is 0.416 e. The molecule has 1 aromatic heterocycles. The molecule has 5 amide bonds.